The molecule has 2 aliphatic rings. The normalized spacial score (nSPS) is 18.6. The highest BCUT2D eigenvalue weighted by Crippen LogP contribution is 2.43. The number of hydrogen-bond acceptors (Lipinski definition) is 1. The lowest BCUT2D eigenvalue weighted by Crippen LogP contribution is -2.30. The molecule has 1 unspecified atom stereocenters. The molecule has 0 N–H and O–H groups in total. The Morgan fingerprint density at radius 3 is 1.73 bits per heavy atom. The van der Waals surface area contributed by atoms with Gasteiger partial charge in [0.15, 0.2) is 0 Å². The third-order valence-electron chi connectivity index (χ3n) is 9.52. The van der Waals surface area contributed by atoms with Gasteiger partial charge in [0, 0.05) is 28.4 Å². The minimum Gasteiger partial charge on any atom is -0.310 e. The predicted molar refractivity (Wildman–Crippen MR) is 192 cm³/mol. The Morgan fingerprint density at radius 1 is 0.556 bits per heavy atom. The summed E-state index contributed by atoms with van der Waals surface area (Å²) < 4.78 is 0. The van der Waals surface area contributed by atoms with Gasteiger partial charge in [0.05, 0.1) is 0 Å². The van der Waals surface area contributed by atoms with Crippen molar-refractivity contribution in [3.8, 4) is 11.1 Å². The second kappa shape index (κ2) is 11.3. The molecule has 0 spiro atoms. The summed E-state index contributed by atoms with van der Waals surface area (Å²) in [7, 11) is 0. The highest BCUT2D eigenvalue weighted by Gasteiger charge is 2.34. The molecule has 0 heterocycles. The first kappa shape index (κ1) is 27.2. The average molecular weight is 578 g/mol. The number of rotatable bonds is 6. The summed E-state index contributed by atoms with van der Waals surface area (Å²) in [5.41, 5.74) is 8.72. The van der Waals surface area contributed by atoms with Crippen LogP contribution < -0.4 is 4.90 Å². The molecule has 0 fully saturated rings. The number of nitrogens with zero attached hydrogens (tertiary/aromatic N) is 1. The van der Waals surface area contributed by atoms with Crippen molar-refractivity contribution in [1.29, 1.82) is 0 Å². The molecule has 0 amide bonds. The minimum absolute atomic E-state index is 0.0729. The van der Waals surface area contributed by atoms with Crippen molar-refractivity contribution in [2.24, 2.45) is 11.3 Å². The maximum Gasteiger partial charge on any atom is 0.0468 e. The molecule has 8 rings (SSSR count). The quantitative estimate of drug-likeness (QED) is 0.190. The number of fused-ring (bicyclic) bond motifs is 3. The predicted octanol–water partition coefficient (Wildman–Crippen LogP) is 11.9. The Kier molecular flexibility index (Phi) is 6.80. The molecule has 6 aromatic carbocycles. The summed E-state index contributed by atoms with van der Waals surface area (Å²) in [6.07, 6.45) is 16.8. The van der Waals surface area contributed by atoms with E-state index >= 15 is 0 Å². The summed E-state index contributed by atoms with van der Waals surface area (Å²) in [5.74, 6) is 0.424. The van der Waals surface area contributed by atoms with Crippen LogP contribution in [0.2, 0.25) is 0 Å². The summed E-state index contributed by atoms with van der Waals surface area (Å²) >= 11 is 0. The van der Waals surface area contributed by atoms with E-state index in [1.165, 1.54) is 43.8 Å². The standard InChI is InChI=1S/C44H35N/c1-44(28-8-14-37-11-6-7-15-43(37)44)31-32-16-18-35(19-17-32)36-20-24-40(25-21-36)45(41-26-22-33-9-2-4-12-38(33)29-41)42-27-23-34-10-3-5-13-39(34)30-42/h2-30,43H,31H2,1H3/t43?,44-/m0/s1. The molecule has 1 nitrogen and oxygen atoms in total. The Bertz CT molecular complexity index is 2060. The van der Waals surface area contributed by atoms with E-state index in [1.54, 1.807) is 0 Å². The monoisotopic (exact) mass is 577 g/mol. The molecule has 0 radical (unpaired) electrons. The molecule has 2 aliphatic carbocycles. The van der Waals surface area contributed by atoms with Gasteiger partial charge in [0.25, 0.3) is 0 Å². The van der Waals surface area contributed by atoms with E-state index in [4.69, 9.17) is 0 Å². The van der Waals surface area contributed by atoms with Gasteiger partial charge in [0.1, 0.15) is 0 Å². The van der Waals surface area contributed by atoms with Crippen molar-refractivity contribution in [3.05, 3.63) is 187 Å². The summed E-state index contributed by atoms with van der Waals surface area (Å²) in [5, 5.41) is 4.96. The molecular formula is C44H35N. The first-order valence-electron chi connectivity index (χ1n) is 15.8. The number of benzene rings is 6. The van der Waals surface area contributed by atoms with Gasteiger partial charge in [-0.05, 0) is 86.6 Å². The fourth-order valence-corrected chi connectivity index (χ4v) is 7.10. The fraction of sp³-hybridized carbons (Fsp3) is 0.0909. The zero-order valence-electron chi connectivity index (χ0n) is 25.5. The molecule has 0 bridgehead atoms. The van der Waals surface area contributed by atoms with Crippen molar-refractivity contribution >= 4 is 38.6 Å². The van der Waals surface area contributed by atoms with Gasteiger partial charge in [0.2, 0.25) is 0 Å². The molecule has 0 aliphatic heterocycles. The van der Waals surface area contributed by atoms with E-state index in [9.17, 15) is 0 Å². The molecular weight excluding hydrogens is 542 g/mol. The molecule has 45 heavy (non-hydrogen) atoms. The van der Waals surface area contributed by atoms with Gasteiger partial charge in [-0.25, -0.2) is 0 Å². The van der Waals surface area contributed by atoms with Crippen LogP contribution in [0.1, 0.15) is 12.5 Å². The van der Waals surface area contributed by atoms with E-state index in [-0.39, 0.29) is 5.41 Å². The lowest BCUT2D eigenvalue weighted by atomic mass is 9.66. The zero-order valence-corrected chi connectivity index (χ0v) is 25.5. The van der Waals surface area contributed by atoms with E-state index in [1.807, 2.05) is 0 Å². The van der Waals surface area contributed by atoms with Crippen LogP contribution in [0.3, 0.4) is 0 Å². The first-order valence-corrected chi connectivity index (χ1v) is 15.8. The van der Waals surface area contributed by atoms with Crippen LogP contribution in [0.15, 0.2) is 182 Å². The number of anilines is 3. The number of allylic oxidation sites excluding steroid dienone is 8. The Morgan fingerprint density at radius 2 is 1.11 bits per heavy atom. The highest BCUT2D eigenvalue weighted by atomic mass is 15.1. The van der Waals surface area contributed by atoms with E-state index in [0.717, 1.165) is 23.5 Å². The van der Waals surface area contributed by atoms with E-state index in [2.05, 4.69) is 188 Å². The lowest BCUT2D eigenvalue weighted by Gasteiger charge is -2.37. The Labute approximate surface area is 265 Å². The molecule has 1 heteroatoms. The molecule has 0 saturated heterocycles. The van der Waals surface area contributed by atoms with Gasteiger partial charge in [-0.1, -0.05) is 147 Å². The Hall–Kier alpha value is -5.40. The van der Waals surface area contributed by atoms with Gasteiger partial charge < -0.3 is 4.90 Å². The van der Waals surface area contributed by atoms with Crippen molar-refractivity contribution in [2.75, 3.05) is 4.90 Å². The van der Waals surface area contributed by atoms with Crippen LogP contribution in [0.5, 0.6) is 0 Å². The van der Waals surface area contributed by atoms with Crippen molar-refractivity contribution in [2.45, 2.75) is 13.3 Å². The smallest absolute Gasteiger partial charge is 0.0468 e. The van der Waals surface area contributed by atoms with Crippen LogP contribution in [0, 0.1) is 11.3 Å². The van der Waals surface area contributed by atoms with Crippen molar-refractivity contribution < 1.29 is 0 Å². The summed E-state index contributed by atoms with van der Waals surface area (Å²) in [4.78, 5) is 2.36. The third kappa shape index (κ3) is 5.21. The zero-order chi connectivity index (χ0) is 30.2. The fourth-order valence-electron chi connectivity index (χ4n) is 7.10. The van der Waals surface area contributed by atoms with Crippen LogP contribution in [-0.4, -0.2) is 0 Å². The van der Waals surface area contributed by atoms with Gasteiger partial charge in [-0.2, -0.15) is 0 Å². The third-order valence-corrected chi connectivity index (χ3v) is 9.52. The number of hydrogen-bond donors (Lipinski definition) is 0. The van der Waals surface area contributed by atoms with Gasteiger partial charge in [-0.15, -0.1) is 0 Å². The van der Waals surface area contributed by atoms with E-state index in [0.29, 0.717) is 5.92 Å². The van der Waals surface area contributed by atoms with Gasteiger partial charge in [-0.3, -0.25) is 0 Å². The van der Waals surface area contributed by atoms with E-state index < -0.39 is 0 Å². The van der Waals surface area contributed by atoms with Crippen molar-refractivity contribution in [3.63, 3.8) is 0 Å². The van der Waals surface area contributed by atoms with Crippen molar-refractivity contribution in [1.82, 2.24) is 0 Å². The second-order valence-electron chi connectivity index (χ2n) is 12.6. The minimum atomic E-state index is 0.0729. The molecule has 0 aromatic heterocycles. The molecule has 2 atom stereocenters. The first-order chi connectivity index (χ1) is 22.1. The Balaban J connectivity index is 1.10. The van der Waals surface area contributed by atoms with Crippen LogP contribution in [0.25, 0.3) is 32.7 Å². The van der Waals surface area contributed by atoms with Crippen LogP contribution in [0.4, 0.5) is 17.1 Å². The molecule has 216 valence electrons. The molecule has 6 aromatic rings. The maximum atomic E-state index is 2.38. The summed E-state index contributed by atoms with van der Waals surface area (Å²) in [6, 6.07) is 48.8. The maximum absolute atomic E-state index is 2.38. The average Bonchev–Trinajstić information content (AvgIpc) is 3.09. The summed E-state index contributed by atoms with van der Waals surface area (Å²) in [6.45, 7) is 2.38. The molecule has 0 saturated carbocycles. The highest BCUT2D eigenvalue weighted by molar-refractivity contribution is 5.92. The van der Waals surface area contributed by atoms with Gasteiger partial charge >= 0.3 is 0 Å². The lowest BCUT2D eigenvalue weighted by molar-refractivity contribution is 0.341. The SMILES string of the molecule is C[C@@]1(Cc2ccc(-c3ccc(N(c4ccc5ccccc5c4)c4ccc5ccccc5c4)cc3)cc2)C=CC=C2C=CC=CC21. The second-order valence-corrected chi connectivity index (χ2v) is 12.6. The van der Waals surface area contributed by atoms with Crippen LogP contribution in [-0.2, 0) is 6.42 Å². The topological polar surface area (TPSA) is 3.24 Å². The van der Waals surface area contributed by atoms with Crippen LogP contribution >= 0.6 is 0 Å². The largest absolute Gasteiger partial charge is 0.310 e.